The van der Waals surface area contributed by atoms with E-state index in [1.165, 1.54) is 0 Å². The second-order valence-electron chi connectivity index (χ2n) is 5.70. The van der Waals surface area contributed by atoms with Gasteiger partial charge in [0.15, 0.2) is 0 Å². The molecule has 1 aliphatic rings. The molecule has 0 unspecified atom stereocenters. The average Bonchev–Trinajstić information content (AvgIpc) is 2.42. The lowest BCUT2D eigenvalue weighted by Gasteiger charge is -2.38. The lowest BCUT2D eigenvalue weighted by atomic mass is 9.77. The summed E-state index contributed by atoms with van der Waals surface area (Å²) in [5.41, 5.74) is 6.34. The molecule has 4 N–H and O–H groups in total. The number of benzene rings is 1. The maximum Gasteiger partial charge on any atom is 0.251 e. The van der Waals surface area contributed by atoms with E-state index in [-0.39, 0.29) is 12.5 Å². The number of carbonyl (C=O) groups excluding carboxylic acids is 1. The quantitative estimate of drug-likeness (QED) is 0.729. The predicted octanol–water partition coefficient (Wildman–Crippen LogP) is 1.94. The molecule has 0 heterocycles. The summed E-state index contributed by atoms with van der Waals surface area (Å²) in [5, 5.41) is 12.6. The highest BCUT2D eigenvalue weighted by Gasteiger charge is 2.35. The molecule has 1 fully saturated rings. The Morgan fingerprint density at radius 2 is 2.16 bits per heavy atom. The molecule has 1 aliphatic carbocycles. The molecule has 0 aromatic heterocycles. The van der Waals surface area contributed by atoms with Crippen LogP contribution in [-0.2, 0) is 0 Å². The molecule has 0 bridgehead atoms. The van der Waals surface area contributed by atoms with Crippen molar-refractivity contribution in [2.45, 2.75) is 38.1 Å². The van der Waals surface area contributed by atoms with Gasteiger partial charge in [0.25, 0.3) is 5.91 Å². The molecule has 4 nitrogen and oxygen atoms in total. The van der Waals surface area contributed by atoms with Gasteiger partial charge in [-0.05, 0) is 49.8 Å². The van der Waals surface area contributed by atoms with Crippen molar-refractivity contribution in [1.29, 1.82) is 0 Å². The summed E-state index contributed by atoms with van der Waals surface area (Å²) in [6, 6.07) is 6.91. The van der Waals surface area contributed by atoms with Gasteiger partial charge in [-0.2, -0.15) is 0 Å². The fraction of sp³-hybridized carbons (Fsp3) is 0.533. The van der Waals surface area contributed by atoms with E-state index in [4.69, 9.17) is 5.73 Å². The zero-order valence-electron chi connectivity index (χ0n) is 11.4. The number of aliphatic hydroxyl groups excluding tert-OH is 1. The number of carbonyl (C=O) groups is 1. The molecule has 104 valence electrons. The number of nitrogens with two attached hydrogens (primary N) is 1. The van der Waals surface area contributed by atoms with Crippen molar-refractivity contribution in [3.63, 3.8) is 0 Å². The Balaban J connectivity index is 2.08. The fourth-order valence-corrected chi connectivity index (χ4v) is 2.63. The summed E-state index contributed by atoms with van der Waals surface area (Å²) < 4.78 is 0. The van der Waals surface area contributed by atoms with Crippen LogP contribution < -0.4 is 11.1 Å². The van der Waals surface area contributed by atoms with Crippen molar-refractivity contribution in [2.75, 3.05) is 12.3 Å². The van der Waals surface area contributed by atoms with Gasteiger partial charge in [-0.3, -0.25) is 4.79 Å². The van der Waals surface area contributed by atoms with Crippen LogP contribution >= 0.6 is 0 Å². The Morgan fingerprint density at radius 1 is 1.47 bits per heavy atom. The summed E-state index contributed by atoms with van der Waals surface area (Å²) in [5.74, 6) is 0.514. The Bertz CT molecular complexity index is 451. The maximum absolute atomic E-state index is 12.2. The van der Waals surface area contributed by atoms with Gasteiger partial charge in [0.05, 0.1) is 12.1 Å². The average molecular weight is 262 g/mol. The highest BCUT2D eigenvalue weighted by Crippen LogP contribution is 2.31. The van der Waals surface area contributed by atoms with Crippen LogP contribution in [0.25, 0.3) is 0 Å². The Hall–Kier alpha value is -1.55. The molecule has 0 aliphatic heterocycles. The van der Waals surface area contributed by atoms with Gasteiger partial charge in [0, 0.05) is 11.3 Å². The van der Waals surface area contributed by atoms with Crippen molar-refractivity contribution >= 4 is 11.6 Å². The van der Waals surface area contributed by atoms with E-state index in [0.29, 0.717) is 17.2 Å². The normalized spacial score (nSPS) is 26.9. The molecule has 19 heavy (non-hydrogen) atoms. The van der Waals surface area contributed by atoms with Crippen LogP contribution in [0.3, 0.4) is 0 Å². The van der Waals surface area contributed by atoms with Crippen LogP contribution in [0, 0.1) is 5.92 Å². The SMILES string of the molecule is CC1CCC(CO)(NC(=O)c2cccc(N)c2)CC1. The van der Waals surface area contributed by atoms with Gasteiger partial charge in [0.2, 0.25) is 0 Å². The van der Waals surface area contributed by atoms with E-state index in [1.807, 2.05) is 0 Å². The molecular weight excluding hydrogens is 240 g/mol. The first kappa shape index (κ1) is 13.9. The van der Waals surface area contributed by atoms with E-state index >= 15 is 0 Å². The molecule has 1 aromatic rings. The second-order valence-corrected chi connectivity index (χ2v) is 5.70. The van der Waals surface area contributed by atoms with Crippen molar-refractivity contribution in [1.82, 2.24) is 5.32 Å². The van der Waals surface area contributed by atoms with Crippen molar-refractivity contribution in [3.8, 4) is 0 Å². The molecule has 1 amide bonds. The highest BCUT2D eigenvalue weighted by molar-refractivity contribution is 5.95. The topological polar surface area (TPSA) is 75.3 Å². The summed E-state index contributed by atoms with van der Waals surface area (Å²) in [4.78, 5) is 12.2. The zero-order chi connectivity index (χ0) is 13.9. The lowest BCUT2D eigenvalue weighted by Crippen LogP contribution is -2.53. The summed E-state index contributed by atoms with van der Waals surface area (Å²) >= 11 is 0. The lowest BCUT2D eigenvalue weighted by molar-refractivity contribution is 0.0717. The first-order valence-corrected chi connectivity index (χ1v) is 6.83. The molecule has 0 atom stereocenters. The van der Waals surface area contributed by atoms with E-state index in [1.54, 1.807) is 24.3 Å². The zero-order valence-corrected chi connectivity index (χ0v) is 11.4. The number of hydrogen-bond acceptors (Lipinski definition) is 3. The van der Waals surface area contributed by atoms with Crippen LogP contribution in [0.15, 0.2) is 24.3 Å². The third-order valence-corrected chi connectivity index (χ3v) is 4.06. The number of nitrogens with one attached hydrogen (secondary N) is 1. The number of nitrogen functional groups attached to an aromatic ring is 1. The van der Waals surface area contributed by atoms with Gasteiger partial charge >= 0.3 is 0 Å². The minimum Gasteiger partial charge on any atom is -0.399 e. The van der Waals surface area contributed by atoms with Crippen LogP contribution in [0.1, 0.15) is 43.0 Å². The summed E-state index contributed by atoms with van der Waals surface area (Å²) in [6.45, 7) is 2.20. The van der Waals surface area contributed by atoms with Gasteiger partial charge in [-0.1, -0.05) is 13.0 Å². The van der Waals surface area contributed by atoms with Crippen LogP contribution in [0.2, 0.25) is 0 Å². The summed E-state index contributed by atoms with van der Waals surface area (Å²) in [7, 11) is 0. The molecular formula is C15H22N2O2. The minimum atomic E-state index is -0.464. The molecule has 4 heteroatoms. The first-order chi connectivity index (χ1) is 9.04. The van der Waals surface area contributed by atoms with Crippen molar-refractivity contribution < 1.29 is 9.90 Å². The Kier molecular flexibility index (Phi) is 4.10. The van der Waals surface area contributed by atoms with E-state index in [2.05, 4.69) is 12.2 Å². The van der Waals surface area contributed by atoms with Crippen LogP contribution in [0.5, 0.6) is 0 Å². The predicted molar refractivity (Wildman–Crippen MR) is 75.8 cm³/mol. The van der Waals surface area contributed by atoms with Gasteiger partial charge in [-0.25, -0.2) is 0 Å². The number of hydrogen-bond donors (Lipinski definition) is 3. The van der Waals surface area contributed by atoms with Gasteiger partial charge in [0.1, 0.15) is 0 Å². The van der Waals surface area contributed by atoms with E-state index < -0.39 is 5.54 Å². The molecule has 0 spiro atoms. The number of rotatable bonds is 3. The van der Waals surface area contributed by atoms with Crippen molar-refractivity contribution in [3.05, 3.63) is 29.8 Å². The van der Waals surface area contributed by atoms with Crippen LogP contribution in [0.4, 0.5) is 5.69 Å². The molecule has 2 rings (SSSR count). The maximum atomic E-state index is 12.2. The standard InChI is InChI=1S/C15H22N2O2/c1-11-5-7-15(10-18,8-6-11)17-14(19)12-3-2-4-13(16)9-12/h2-4,9,11,18H,5-8,10,16H2,1H3,(H,17,19). The summed E-state index contributed by atoms with van der Waals surface area (Å²) in [6.07, 6.45) is 3.74. The molecule has 0 radical (unpaired) electrons. The number of amides is 1. The Labute approximate surface area is 114 Å². The molecule has 0 saturated heterocycles. The molecule has 1 saturated carbocycles. The van der Waals surface area contributed by atoms with E-state index in [9.17, 15) is 9.90 Å². The third kappa shape index (κ3) is 3.26. The minimum absolute atomic E-state index is 0.00617. The number of aliphatic hydroxyl groups is 1. The monoisotopic (exact) mass is 262 g/mol. The third-order valence-electron chi connectivity index (χ3n) is 4.06. The fourth-order valence-electron chi connectivity index (χ4n) is 2.63. The largest absolute Gasteiger partial charge is 0.399 e. The van der Waals surface area contributed by atoms with Gasteiger partial charge < -0.3 is 16.2 Å². The van der Waals surface area contributed by atoms with Crippen molar-refractivity contribution in [2.24, 2.45) is 5.92 Å². The van der Waals surface area contributed by atoms with E-state index in [0.717, 1.165) is 25.7 Å². The molecule has 1 aromatic carbocycles. The van der Waals surface area contributed by atoms with Crippen LogP contribution in [-0.4, -0.2) is 23.2 Å². The smallest absolute Gasteiger partial charge is 0.251 e. The first-order valence-electron chi connectivity index (χ1n) is 6.83. The highest BCUT2D eigenvalue weighted by atomic mass is 16.3. The Morgan fingerprint density at radius 3 is 2.74 bits per heavy atom. The number of anilines is 1. The van der Waals surface area contributed by atoms with Gasteiger partial charge in [-0.15, -0.1) is 0 Å². The second kappa shape index (κ2) is 5.61.